The SMILES string of the molecule is C[C@H](C(=O)N(C)C)S(=O)(=O)N1c2ncccc2NC(=O)[C@@H]1C. The van der Waals surface area contributed by atoms with Crippen LogP contribution in [0.3, 0.4) is 0 Å². The van der Waals surface area contributed by atoms with E-state index in [1.54, 1.807) is 12.1 Å². The topological polar surface area (TPSA) is 99.7 Å². The number of fused-ring (bicyclic) bond motifs is 1. The molecule has 0 aromatic carbocycles. The first-order valence-electron chi connectivity index (χ1n) is 6.68. The van der Waals surface area contributed by atoms with Crippen LogP contribution in [0.1, 0.15) is 13.8 Å². The zero-order valence-electron chi connectivity index (χ0n) is 12.8. The first kappa shape index (κ1) is 16.2. The molecular formula is C13H18N4O4S. The molecule has 0 radical (unpaired) electrons. The molecule has 2 heterocycles. The number of aromatic nitrogens is 1. The number of pyridine rings is 1. The molecule has 22 heavy (non-hydrogen) atoms. The van der Waals surface area contributed by atoms with Gasteiger partial charge in [-0.3, -0.25) is 9.59 Å². The summed E-state index contributed by atoms with van der Waals surface area (Å²) in [5, 5.41) is 1.29. The average molecular weight is 326 g/mol. The van der Waals surface area contributed by atoms with Crippen LogP contribution in [-0.4, -0.2) is 55.5 Å². The number of nitrogens with one attached hydrogen (secondary N) is 1. The van der Waals surface area contributed by atoms with Crippen molar-refractivity contribution in [1.29, 1.82) is 0 Å². The second-order valence-electron chi connectivity index (χ2n) is 5.26. The summed E-state index contributed by atoms with van der Waals surface area (Å²) in [7, 11) is -1.12. The van der Waals surface area contributed by atoms with Gasteiger partial charge in [0.15, 0.2) is 11.1 Å². The molecule has 0 bridgehead atoms. The van der Waals surface area contributed by atoms with Crippen LogP contribution < -0.4 is 9.62 Å². The summed E-state index contributed by atoms with van der Waals surface area (Å²) in [6, 6.07) is 2.17. The number of sulfonamides is 1. The largest absolute Gasteiger partial charge is 0.348 e. The molecule has 0 saturated carbocycles. The molecule has 2 atom stereocenters. The Labute approximate surface area is 129 Å². The van der Waals surface area contributed by atoms with E-state index in [2.05, 4.69) is 10.3 Å². The Balaban J connectivity index is 2.54. The highest BCUT2D eigenvalue weighted by Crippen LogP contribution is 2.33. The van der Waals surface area contributed by atoms with Crippen molar-refractivity contribution in [2.75, 3.05) is 23.7 Å². The van der Waals surface area contributed by atoms with Crippen LogP contribution >= 0.6 is 0 Å². The third-order valence-corrected chi connectivity index (χ3v) is 5.63. The number of rotatable bonds is 3. The van der Waals surface area contributed by atoms with Crippen molar-refractivity contribution >= 4 is 33.3 Å². The monoisotopic (exact) mass is 326 g/mol. The van der Waals surface area contributed by atoms with Gasteiger partial charge in [0.25, 0.3) is 0 Å². The van der Waals surface area contributed by atoms with E-state index in [1.165, 1.54) is 39.0 Å². The molecule has 0 spiro atoms. The van der Waals surface area contributed by atoms with Crippen molar-refractivity contribution in [3.63, 3.8) is 0 Å². The molecule has 1 N–H and O–H groups in total. The highest BCUT2D eigenvalue weighted by molar-refractivity contribution is 7.94. The van der Waals surface area contributed by atoms with Gasteiger partial charge in [0, 0.05) is 20.3 Å². The molecule has 1 aliphatic rings. The molecule has 0 saturated heterocycles. The smallest absolute Gasteiger partial charge is 0.248 e. The Bertz CT molecular complexity index is 717. The van der Waals surface area contributed by atoms with E-state index in [4.69, 9.17) is 0 Å². The molecular weight excluding hydrogens is 308 g/mol. The van der Waals surface area contributed by atoms with Crippen LogP contribution in [0.5, 0.6) is 0 Å². The van der Waals surface area contributed by atoms with Gasteiger partial charge in [-0.15, -0.1) is 0 Å². The van der Waals surface area contributed by atoms with Gasteiger partial charge in [-0.05, 0) is 26.0 Å². The van der Waals surface area contributed by atoms with Gasteiger partial charge in [-0.1, -0.05) is 0 Å². The van der Waals surface area contributed by atoms with E-state index in [1.807, 2.05) is 0 Å². The Hall–Kier alpha value is -2.16. The van der Waals surface area contributed by atoms with Crippen molar-refractivity contribution in [3.05, 3.63) is 18.3 Å². The van der Waals surface area contributed by atoms with Crippen LogP contribution in [0, 0.1) is 0 Å². The minimum atomic E-state index is -4.08. The molecule has 9 heteroatoms. The predicted molar refractivity (Wildman–Crippen MR) is 81.9 cm³/mol. The third kappa shape index (κ3) is 2.52. The molecule has 0 aliphatic carbocycles. The number of amides is 2. The molecule has 0 unspecified atom stereocenters. The van der Waals surface area contributed by atoms with E-state index in [0.29, 0.717) is 5.69 Å². The summed E-state index contributed by atoms with van der Waals surface area (Å²) in [6.07, 6.45) is 1.43. The van der Waals surface area contributed by atoms with Crippen molar-refractivity contribution in [1.82, 2.24) is 9.88 Å². The lowest BCUT2D eigenvalue weighted by Gasteiger charge is -2.35. The lowest BCUT2D eigenvalue weighted by molar-refractivity contribution is -0.128. The second-order valence-corrected chi connectivity index (χ2v) is 7.39. The first-order chi connectivity index (χ1) is 10.2. The lowest BCUT2D eigenvalue weighted by atomic mass is 10.2. The molecule has 1 aromatic heterocycles. The predicted octanol–water partition coefficient (Wildman–Crippen LogP) is 0.0351. The van der Waals surface area contributed by atoms with Gasteiger partial charge in [-0.2, -0.15) is 0 Å². The number of carbonyl (C=O) groups is 2. The van der Waals surface area contributed by atoms with E-state index < -0.39 is 33.1 Å². The molecule has 2 amide bonds. The van der Waals surface area contributed by atoms with Crippen LogP contribution in [0.15, 0.2) is 18.3 Å². The standard InChI is InChI=1S/C13H18N4O4S/c1-8-12(18)15-10-6-5-7-14-11(10)17(8)22(20,21)9(2)13(19)16(3)4/h5-9H,1-4H3,(H,15,18)/t8-,9+/m0/s1. The second kappa shape index (κ2) is 5.56. The van der Waals surface area contributed by atoms with Gasteiger partial charge < -0.3 is 10.2 Å². The number of carbonyl (C=O) groups excluding carboxylic acids is 2. The summed E-state index contributed by atoms with van der Waals surface area (Å²) in [4.78, 5) is 29.3. The molecule has 8 nitrogen and oxygen atoms in total. The summed E-state index contributed by atoms with van der Waals surface area (Å²) >= 11 is 0. The number of hydrogen-bond donors (Lipinski definition) is 1. The van der Waals surface area contributed by atoms with E-state index in [9.17, 15) is 18.0 Å². The van der Waals surface area contributed by atoms with E-state index in [0.717, 1.165) is 4.31 Å². The van der Waals surface area contributed by atoms with E-state index >= 15 is 0 Å². The maximum Gasteiger partial charge on any atom is 0.248 e. The highest BCUT2D eigenvalue weighted by atomic mass is 32.2. The normalized spacial score (nSPS) is 19.2. The Morgan fingerprint density at radius 3 is 2.68 bits per heavy atom. The fraction of sp³-hybridized carbons (Fsp3) is 0.462. The first-order valence-corrected chi connectivity index (χ1v) is 8.18. The van der Waals surface area contributed by atoms with Crippen molar-refractivity contribution in [2.45, 2.75) is 25.1 Å². The summed E-state index contributed by atoms with van der Waals surface area (Å²) in [5.41, 5.74) is 0.304. The van der Waals surface area contributed by atoms with Gasteiger partial charge >= 0.3 is 0 Å². The lowest BCUT2D eigenvalue weighted by Crippen LogP contribution is -2.54. The number of anilines is 2. The fourth-order valence-electron chi connectivity index (χ4n) is 2.20. The molecule has 2 rings (SSSR count). The average Bonchev–Trinajstić information content (AvgIpc) is 2.46. The Kier molecular flexibility index (Phi) is 4.10. The number of nitrogens with zero attached hydrogens (tertiary/aromatic N) is 3. The third-order valence-electron chi connectivity index (χ3n) is 3.49. The highest BCUT2D eigenvalue weighted by Gasteiger charge is 2.43. The summed E-state index contributed by atoms with van der Waals surface area (Å²) in [6.45, 7) is 2.76. The summed E-state index contributed by atoms with van der Waals surface area (Å²) < 4.78 is 26.5. The number of hydrogen-bond acceptors (Lipinski definition) is 5. The van der Waals surface area contributed by atoms with Crippen LogP contribution in [0.4, 0.5) is 11.5 Å². The van der Waals surface area contributed by atoms with Crippen molar-refractivity contribution in [2.24, 2.45) is 0 Å². The molecule has 120 valence electrons. The van der Waals surface area contributed by atoms with Gasteiger partial charge in [0.05, 0.1) is 5.69 Å². The van der Waals surface area contributed by atoms with Crippen molar-refractivity contribution < 1.29 is 18.0 Å². The summed E-state index contributed by atoms with van der Waals surface area (Å²) in [5.74, 6) is -0.905. The Morgan fingerprint density at radius 2 is 2.09 bits per heavy atom. The Morgan fingerprint density at radius 1 is 1.45 bits per heavy atom. The molecule has 1 aromatic rings. The maximum absolute atomic E-state index is 12.8. The zero-order valence-corrected chi connectivity index (χ0v) is 13.6. The van der Waals surface area contributed by atoms with Crippen molar-refractivity contribution in [3.8, 4) is 0 Å². The molecule has 0 fully saturated rings. The van der Waals surface area contributed by atoms with E-state index in [-0.39, 0.29) is 5.82 Å². The quantitative estimate of drug-likeness (QED) is 0.845. The zero-order chi connectivity index (χ0) is 16.7. The van der Waals surface area contributed by atoms with Gasteiger partial charge in [0.2, 0.25) is 21.8 Å². The minimum Gasteiger partial charge on any atom is -0.348 e. The van der Waals surface area contributed by atoms with Crippen LogP contribution in [-0.2, 0) is 19.6 Å². The van der Waals surface area contributed by atoms with Gasteiger partial charge in [-0.25, -0.2) is 17.7 Å². The molecule has 1 aliphatic heterocycles. The van der Waals surface area contributed by atoms with Gasteiger partial charge in [0.1, 0.15) is 6.04 Å². The van der Waals surface area contributed by atoms with Crippen LogP contribution in [0.2, 0.25) is 0 Å². The fourth-order valence-corrected chi connectivity index (χ4v) is 3.93. The van der Waals surface area contributed by atoms with Crippen LogP contribution in [0.25, 0.3) is 0 Å². The maximum atomic E-state index is 12.8. The minimum absolute atomic E-state index is 0.119.